The average molecular weight is 348 g/mol. The molecule has 2 nitrogen and oxygen atoms in total. The highest BCUT2D eigenvalue weighted by molar-refractivity contribution is 9.10. The van der Waals surface area contributed by atoms with Gasteiger partial charge in [-0.2, -0.15) is 5.10 Å². The Morgan fingerprint density at radius 3 is 2.39 bits per heavy atom. The van der Waals surface area contributed by atoms with Crippen LogP contribution in [0.2, 0.25) is 10.0 Å². The van der Waals surface area contributed by atoms with Crippen LogP contribution in [0.25, 0.3) is 5.69 Å². The van der Waals surface area contributed by atoms with Gasteiger partial charge in [-0.05, 0) is 40.2 Å². The Kier molecular flexibility index (Phi) is 3.77. The second-order valence-electron chi connectivity index (χ2n) is 5.11. The van der Waals surface area contributed by atoms with Crippen molar-refractivity contribution in [3.05, 3.63) is 44.6 Å². The van der Waals surface area contributed by atoms with Crippen LogP contribution in [0.3, 0.4) is 0 Å². The lowest BCUT2D eigenvalue weighted by molar-refractivity contribution is 0.543. The van der Waals surface area contributed by atoms with Crippen molar-refractivity contribution in [2.75, 3.05) is 0 Å². The molecule has 96 valence electrons. The minimum atomic E-state index is -0.0258. The average Bonchev–Trinajstić information content (AvgIpc) is 2.59. The largest absolute Gasteiger partial charge is 0.235 e. The van der Waals surface area contributed by atoms with Crippen LogP contribution in [-0.2, 0) is 5.41 Å². The van der Waals surface area contributed by atoms with E-state index in [0.29, 0.717) is 10.0 Å². The van der Waals surface area contributed by atoms with Gasteiger partial charge >= 0.3 is 0 Å². The second-order valence-corrected chi connectivity index (χ2v) is 6.77. The summed E-state index contributed by atoms with van der Waals surface area (Å²) in [7, 11) is 0. The van der Waals surface area contributed by atoms with Crippen LogP contribution in [0.15, 0.2) is 28.9 Å². The van der Waals surface area contributed by atoms with Crippen LogP contribution in [0, 0.1) is 0 Å². The zero-order chi connectivity index (χ0) is 13.5. The minimum absolute atomic E-state index is 0.0258. The van der Waals surface area contributed by atoms with E-state index in [2.05, 4.69) is 41.8 Å². The summed E-state index contributed by atoms with van der Waals surface area (Å²) < 4.78 is 2.64. The van der Waals surface area contributed by atoms with Gasteiger partial charge in [0, 0.05) is 10.4 Å². The molecule has 0 saturated carbocycles. The first-order valence-electron chi connectivity index (χ1n) is 5.50. The predicted octanol–water partition coefficient (Wildman–Crippen LogP) is 5.24. The first kappa shape index (κ1) is 13.9. The summed E-state index contributed by atoms with van der Waals surface area (Å²) in [5.74, 6) is 0. The highest BCUT2D eigenvalue weighted by atomic mass is 79.9. The van der Waals surface area contributed by atoms with E-state index in [9.17, 15) is 0 Å². The maximum Gasteiger partial charge on any atom is 0.128 e. The molecule has 0 amide bonds. The lowest BCUT2D eigenvalue weighted by Gasteiger charge is -2.20. The monoisotopic (exact) mass is 346 g/mol. The van der Waals surface area contributed by atoms with Gasteiger partial charge in [-0.25, -0.2) is 4.68 Å². The van der Waals surface area contributed by atoms with E-state index in [1.165, 1.54) is 0 Å². The fourth-order valence-electron chi connectivity index (χ4n) is 1.72. The van der Waals surface area contributed by atoms with Gasteiger partial charge < -0.3 is 0 Å². The van der Waals surface area contributed by atoms with Gasteiger partial charge in [0.1, 0.15) is 4.60 Å². The van der Waals surface area contributed by atoms with Crippen molar-refractivity contribution >= 4 is 39.1 Å². The third-order valence-electron chi connectivity index (χ3n) is 2.59. The molecule has 0 fully saturated rings. The Morgan fingerprint density at radius 1 is 1.17 bits per heavy atom. The van der Waals surface area contributed by atoms with E-state index in [-0.39, 0.29) is 5.41 Å². The smallest absolute Gasteiger partial charge is 0.128 e. The topological polar surface area (TPSA) is 17.8 Å². The van der Waals surface area contributed by atoms with Crippen LogP contribution < -0.4 is 0 Å². The molecule has 0 aliphatic heterocycles. The van der Waals surface area contributed by atoms with Crippen LogP contribution in [0.4, 0.5) is 0 Å². The van der Waals surface area contributed by atoms with Gasteiger partial charge in [0.25, 0.3) is 0 Å². The molecule has 0 aliphatic rings. The van der Waals surface area contributed by atoms with Crippen molar-refractivity contribution in [3.63, 3.8) is 0 Å². The first-order chi connectivity index (χ1) is 8.29. The fraction of sp³-hybridized carbons (Fsp3) is 0.308. The van der Waals surface area contributed by atoms with Crippen molar-refractivity contribution in [3.8, 4) is 5.69 Å². The number of aromatic nitrogens is 2. The Hall–Kier alpha value is -0.510. The third kappa shape index (κ3) is 2.73. The van der Waals surface area contributed by atoms with E-state index in [1.54, 1.807) is 6.07 Å². The molecule has 2 aromatic rings. The molecule has 1 aromatic heterocycles. The van der Waals surface area contributed by atoms with Crippen LogP contribution in [0.5, 0.6) is 0 Å². The number of benzene rings is 1. The molecular weight excluding hydrogens is 335 g/mol. The summed E-state index contributed by atoms with van der Waals surface area (Å²) in [5, 5.41) is 5.65. The zero-order valence-electron chi connectivity index (χ0n) is 10.3. The highest BCUT2D eigenvalue weighted by Gasteiger charge is 2.22. The molecule has 0 unspecified atom stereocenters. The molecule has 0 spiro atoms. The highest BCUT2D eigenvalue weighted by Crippen LogP contribution is 2.31. The minimum Gasteiger partial charge on any atom is -0.235 e. The first-order valence-corrected chi connectivity index (χ1v) is 7.05. The standard InChI is InChI=1S/C13H13BrCl2N2/c1-13(2,3)11-7-12(14)17-18(11)10-5-4-8(15)6-9(10)16/h4-7H,1-3H3. The summed E-state index contributed by atoms with van der Waals surface area (Å²) in [4.78, 5) is 0. The molecule has 0 saturated heterocycles. The molecule has 0 radical (unpaired) electrons. The van der Waals surface area contributed by atoms with Crippen molar-refractivity contribution in [2.24, 2.45) is 0 Å². The normalized spacial score (nSPS) is 11.9. The van der Waals surface area contributed by atoms with Crippen molar-refractivity contribution in [1.29, 1.82) is 0 Å². The van der Waals surface area contributed by atoms with Gasteiger partial charge in [0.05, 0.1) is 16.4 Å². The van der Waals surface area contributed by atoms with Gasteiger partial charge in [-0.1, -0.05) is 44.0 Å². The maximum atomic E-state index is 6.23. The van der Waals surface area contributed by atoms with E-state index in [4.69, 9.17) is 23.2 Å². The molecule has 0 atom stereocenters. The number of nitrogens with zero attached hydrogens (tertiary/aromatic N) is 2. The SMILES string of the molecule is CC(C)(C)c1cc(Br)nn1-c1ccc(Cl)cc1Cl. The van der Waals surface area contributed by atoms with Gasteiger partial charge in [0.2, 0.25) is 0 Å². The molecule has 1 aromatic carbocycles. The quantitative estimate of drug-likeness (QED) is 0.689. The lowest BCUT2D eigenvalue weighted by atomic mass is 9.92. The maximum absolute atomic E-state index is 6.23. The van der Waals surface area contributed by atoms with E-state index in [1.807, 2.05) is 22.9 Å². The van der Waals surface area contributed by atoms with E-state index < -0.39 is 0 Å². The molecule has 0 bridgehead atoms. The van der Waals surface area contributed by atoms with Crippen LogP contribution in [0.1, 0.15) is 26.5 Å². The molecular formula is C13H13BrCl2N2. The Balaban J connectivity index is 2.64. The van der Waals surface area contributed by atoms with Crippen LogP contribution in [-0.4, -0.2) is 9.78 Å². The molecule has 0 aliphatic carbocycles. The summed E-state index contributed by atoms with van der Waals surface area (Å²) in [6.07, 6.45) is 0. The molecule has 18 heavy (non-hydrogen) atoms. The summed E-state index contributed by atoms with van der Waals surface area (Å²) in [5.41, 5.74) is 1.89. The summed E-state index contributed by atoms with van der Waals surface area (Å²) in [6, 6.07) is 7.41. The number of halogens is 3. The van der Waals surface area contributed by atoms with Gasteiger partial charge in [-0.15, -0.1) is 0 Å². The van der Waals surface area contributed by atoms with Crippen molar-refractivity contribution in [1.82, 2.24) is 9.78 Å². The van der Waals surface area contributed by atoms with Crippen molar-refractivity contribution < 1.29 is 0 Å². The van der Waals surface area contributed by atoms with E-state index >= 15 is 0 Å². The van der Waals surface area contributed by atoms with Crippen LogP contribution >= 0.6 is 39.1 Å². The van der Waals surface area contributed by atoms with Gasteiger partial charge in [0.15, 0.2) is 0 Å². The lowest BCUT2D eigenvalue weighted by Crippen LogP contribution is -2.17. The zero-order valence-corrected chi connectivity index (χ0v) is 13.4. The Morgan fingerprint density at radius 2 is 1.83 bits per heavy atom. The third-order valence-corrected chi connectivity index (χ3v) is 3.51. The molecule has 5 heteroatoms. The Bertz CT molecular complexity index is 585. The predicted molar refractivity (Wildman–Crippen MR) is 80.0 cm³/mol. The molecule has 1 heterocycles. The summed E-state index contributed by atoms with van der Waals surface area (Å²) >= 11 is 15.6. The number of hydrogen-bond acceptors (Lipinski definition) is 1. The second kappa shape index (κ2) is 4.87. The molecule has 0 N–H and O–H groups in total. The number of hydrogen-bond donors (Lipinski definition) is 0. The van der Waals surface area contributed by atoms with Gasteiger partial charge in [-0.3, -0.25) is 0 Å². The Labute approximate surface area is 125 Å². The number of rotatable bonds is 1. The molecule has 2 rings (SSSR count). The summed E-state index contributed by atoms with van der Waals surface area (Å²) in [6.45, 7) is 6.41. The van der Waals surface area contributed by atoms with E-state index in [0.717, 1.165) is 16.0 Å². The fourth-order valence-corrected chi connectivity index (χ4v) is 2.59. The van der Waals surface area contributed by atoms with Crippen molar-refractivity contribution in [2.45, 2.75) is 26.2 Å².